The highest BCUT2D eigenvalue weighted by Gasteiger charge is 2.20. The molecule has 4 nitrogen and oxygen atoms in total. The Labute approximate surface area is 119 Å². The second-order valence-electron chi connectivity index (χ2n) is 5.52. The first-order chi connectivity index (χ1) is 9.74. The van der Waals surface area contributed by atoms with Gasteiger partial charge in [0.1, 0.15) is 5.75 Å². The van der Waals surface area contributed by atoms with Gasteiger partial charge in [-0.3, -0.25) is 4.68 Å². The quantitative estimate of drug-likeness (QED) is 0.877. The molecule has 0 amide bonds. The maximum atomic E-state index is 5.41. The van der Waals surface area contributed by atoms with Crippen LogP contribution in [0.25, 0.3) is 0 Å². The monoisotopic (exact) mass is 271 g/mol. The zero-order valence-corrected chi connectivity index (χ0v) is 12.1. The van der Waals surface area contributed by atoms with Gasteiger partial charge in [-0.1, -0.05) is 17.7 Å². The molecule has 1 heterocycles. The molecule has 0 atom stereocenters. The lowest BCUT2D eigenvalue weighted by Gasteiger charge is -2.09. The molecular formula is C16H21N3O. The van der Waals surface area contributed by atoms with Gasteiger partial charge in [-0.15, -0.1) is 0 Å². The molecule has 0 radical (unpaired) electrons. The Balaban J connectivity index is 1.68. The highest BCUT2D eigenvalue weighted by molar-refractivity contribution is 5.37. The van der Waals surface area contributed by atoms with Gasteiger partial charge >= 0.3 is 0 Å². The first-order valence-electron chi connectivity index (χ1n) is 7.13. The van der Waals surface area contributed by atoms with Crippen molar-refractivity contribution in [1.29, 1.82) is 0 Å². The Morgan fingerprint density at radius 3 is 3.00 bits per heavy atom. The van der Waals surface area contributed by atoms with Gasteiger partial charge in [-0.05, 0) is 25.8 Å². The Morgan fingerprint density at radius 1 is 1.40 bits per heavy atom. The predicted molar refractivity (Wildman–Crippen MR) is 78.9 cm³/mol. The average Bonchev–Trinajstić information content (AvgIpc) is 3.17. The fourth-order valence-corrected chi connectivity index (χ4v) is 2.34. The summed E-state index contributed by atoms with van der Waals surface area (Å²) in [6, 6.07) is 6.97. The summed E-state index contributed by atoms with van der Waals surface area (Å²) in [7, 11) is 1.71. The lowest BCUT2D eigenvalue weighted by atomic mass is 10.1. The van der Waals surface area contributed by atoms with E-state index in [0.717, 1.165) is 30.4 Å². The average molecular weight is 271 g/mol. The second kappa shape index (κ2) is 5.67. The van der Waals surface area contributed by atoms with Crippen LogP contribution in [0, 0.1) is 6.92 Å². The van der Waals surface area contributed by atoms with Crippen LogP contribution in [-0.4, -0.2) is 22.9 Å². The van der Waals surface area contributed by atoms with E-state index in [1.54, 1.807) is 7.11 Å². The maximum Gasteiger partial charge on any atom is 0.123 e. The third-order valence-corrected chi connectivity index (χ3v) is 3.63. The molecule has 1 N–H and O–H groups in total. The fraction of sp³-hybridized carbons (Fsp3) is 0.438. The third kappa shape index (κ3) is 3.20. The number of methoxy groups -OCH3 is 1. The number of aryl methyl sites for hydroxylation is 1. The van der Waals surface area contributed by atoms with Crippen molar-refractivity contribution in [3.63, 3.8) is 0 Å². The van der Waals surface area contributed by atoms with Crippen LogP contribution >= 0.6 is 0 Å². The molecule has 0 bridgehead atoms. The summed E-state index contributed by atoms with van der Waals surface area (Å²) in [6.07, 6.45) is 6.68. The number of hydrogen-bond donors (Lipinski definition) is 1. The molecule has 1 aliphatic rings. The number of aromatic nitrogens is 2. The van der Waals surface area contributed by atoms with Crippen LogP contribution in [0.5, 0.6) is 5.75 Å². The summed E-state index contributed by atoms with van der Waals surface area (Å²) in [5.41, 5.74) is 3.64. The van der Waals surface area contributed by atoms with Crippen LogP contribution in [0.15, 0.2) is 30.6 Å². The molecule has 0 unspecified atom stereocenters. The lowest BCUT2D eigenvalue weighted by Crippen LogP contribution is -2.14. The molecule has 1 fully saturated rings. The van der Waals surface area contributed by atoms with Crippen LogP contribution in [-0.2, 0) is 13.1 Å². The van der Waals surface area contributed by atoms with E-state index < -0.39 is 0 Å². The molecule has 2 aromatic rings. The number of hydrogen-bond acceptors (Lipinski definition) is 3. The summed E-state index contributed by atoms with van der Waals surface area (Å²) < 4.78 is 7.39. The molecule has 1 saturated carbocycles. The van der Waals surface area contributed by atoms with Crippen molar-refractivity contribution in [3.8, 4) is 5.75 Å². The van der Waals surface area contributed by atoms with Crippen molar-refractivity contribution < 1.29 is 4.74 Å². The van der Waals surface area contributed by atoms with Crippen LogP contribution in [0.3, 0.4) is 0 Å². The molecule has 4 heteroatoms. The molecule has 1 aromatic heterocycles. The van der Waals surface area contributed by atoms with E-state index >= 15 is 0 Å². The molecule has 20 heavy (non-hydrogen) atoms. The molecular weight excluding hydrogens is 250 g/mol. The first kappa shape index (κ1) is 13.2. The van der Waals surface area contributed by atoms with Gasteiger partial charge in [0.2, 0.25) is 0 Å². The molecule has 0 aliphatic heterocycles. The zero-order chi connectivity index (χ0) is 13.9. The summed E-state index contributed by atoms with van der Waals surface area (Å²) >= 11 is 0. The van der Waals surface area contributed by atoms with Gasteiger partial charge in [0.25, 0.3) is 0 Å². The highest BCUT2D eigenvalue weighted by Crippen LogP contribution is 2.21. The summed E-state index contributed by atoms with van der Waals surface area (Å²) in [6.45, 7) is 3.75. The minimum absolute atomic E-state index is 0.732. The third-order valence-electron chi connectivity index (χ3n) is 3.63. The van der Waals surface area contributed by atoms with Crippen LogP contribution < -0.4 is 10.1 Å². The van der Waals surface area contributed by atoms with Gasteiger partial charge in [0.05, 0.1) is 19.9 Å². The topological polar surface area (TPSA) is 39.1 Å². The van der Waals surface area contributed by atoms with Crippen molar-refractivity contribution in [1.82, 2.24) is 15.1 Å². The van der Waals surface area contributed by atoms with Gasteiger partial charge in [-0.2, -0.15) is 5.10 Å². The van der Waals surface area contributed by atoms with E-state index in [9.17, 15) is 0 Å². The minimum atomic E-state index is 0.732. The van der Waals surface area contributed by atoms with E-state index in [-0.39, 0.29) is 0 Å². The van der Waals surface area contributed by atoms with Crippen LogP contribution in [0.1, 0.15) is 29.5 Å². The zero-order valence-electron chi connectivity index (χ0n) is 12.1. The number of rotatable bonds is 6. The lowest BCUT2D eigenvalue weighted by molar-refractivity contribution is 0.407. The molecule has 0 saturated heterocycles. The maximum absolute atomic E-state index is 5.41. The van der Waals surface area contributed by atoms with Gasteiger partial charge in [-0.25, -0.2) is 0 Å². The normalized spacial score (nSPS) is 14.5. The molecule has 106 valence electrons. The van der Waals surface area contributed by atoms with Crippen molar-refractivity contribution >= 4 is 0 Å². The van der Waals surface area contributed by atoms with Crippen LogP contribution in [0.2, 0.25) is 0 Å². The molecule has 3 rings (SSSR count). The van der Waals surface area contributed by atoms with Crippen LogP contribution in [0.4, 0.5) is 0 Å². The van der Waals surface area contributed by atoms with Gasteiger partial charge in [0, 0.05) is 29.9 Å². The summed E-state index contributed by atoms with van der Waals surface area (Å²) in [5.74, 6) is 0.920. The largest absolute Gasteiger partial charge is 0.496 e. The minimum Gasteiger partial charge on any atom is -0.496 e. The molecule has 1 aromatic carbocycles. The Morgan fingerprint density at radius 2 is 2.25 bits per heavy atom. The Bertz CT molecular complexity index is 587. The first-order valence-corrected chi connectivity index (χ1v) is 7.13. The van der Waals surface area contributed by atoms with E-state index in [1.807, 2.05) is 16.9 Å². The number of benzene rings is 1. The molecule has 0 spiro atoms. The smallest absolute Gasteiger partial charge is 0.123 e. The van der Waals surface area contributed by atoms with Crippen molar-refractivity contribution in [3.05, 3.63) is 47.3 Å². The highest BCUT2D eigenvalue weighted by atomic mass is 16.5. The second-order valence-corrected chi connectivity index (χ2v) is 5.52. The Kier molecular flexibility index (Phi) is 3.74. The van der Waals surface area contributed by atoms with Crippen molar-refractivity contribution in [2.75, 3.05) is 7.11 Å². The number of nitrogens with one attached hydrogen (secondary N) is 1. The standard InChI is InChI=1S/C16H21N3O/c1-12-3-6-16(20-2)14(7-12)11-19-10-13(9-18-19)8-17-15-4-5-15/h3,6-7,9-10,15,17H,4-5,8,11H2,1-2H3. The summed E-state index contributed by atoms with van der Waals surface area (Å²) in [4.78, 5) is 0. The fourth-order valence-electron chi connectivity index (χ4n) is 2.34. The van der Waals surface area contributed by atoms with E-state index in [1.165, 1.54) is 24.0 Å². The van der Waals surface area contributed by atoms with Gasteiger partial charge in [0.15, 0.2) is 0 Å². The van der Waals surface area contributed by atoms with E-state index in [4.69, 9.17) is 4.74 Å². The number of nitrogens with zero attached hydrogens (tertiary/aromatic N) is 2. The van der Waals surface area contributed by atoms with Gasteiger partial charge < -0.3 is 10.1 Å². The SMILES string of the molecule is COc1ccc(C)cc1Cn1cc(CNC2CC2)cn1. The Hall–Kier alpha value is -1.81. The molecule has 1 aliphatic carbocycles. The van der Waals surface area contributed by atoms with E-state index in [0.29, 0.717) is 0 Å². The van der Waals surface area contributed by atoms with Crippen molar-refractivity contribution in [2.24, 2.45) is 0 Å². The number of ether oxygens (including phenoxy) is 1. The summed E-state index contributed by atoms with van der Waals surface area (Å²) in [5, 5.41) is 7.94. The van der Waals surface area contributed by atoms with Crippen molar-refractivity contribution in [2.45, 2.75) is 38.9 Å². The predicted octanol–water partition coefficient (Wildman–Crippen LogP) is 2.50. The van der Waals surface area contributed by atoms with E-state index in [2.05, 4.69) is 35.7 Å².